The van der Waals surface area contributed by atoms with Gasteiger partial charge in [0.05, 0.1) is 0 Å². The molecule has 0 aromatic carbocycles. The van der Waals surface area contributed by atoms with Crippen LogP contribution in [0.1, 0.15) is 0 Å². The van der Waals surface area contributed by atoms with Crippen molar-refractivity contribution in [3.8, 4) is 0 Å². The number of nitrogens with one attached hydrogen (secondary N) is 1. The Labute approximate surface area is 27.0 Å². The predicted molar refractivity (Wildman–Crippen MR) is 16.6 cm³/mol. The second kappa shape index (κ2) is 2.96. The molecule has 0 rings (SSSR count). The van der Waals surface area contributed by atoms with E-state index in [4.69, 9.17) is 6.92 Å². The molecule has 0 aromatic heterocycles. The van der Waals surface area contributed by atoms with Crippen molar-refractivity contribution in [3.63, 3.8) is 0 Å². The minimum Gasteiger partial charge on any atom is -0.311 e. The lowest BCUT2D eigenvalue weighted by molar-refractivity contribution is 0.980. The van der Waals surface area contributed by atoms with Crippen molar-refractivity contribution < 1.29 is 0 Å². The zero-order valence-electron chi connectivity index (χ0n) is 2.36. The van der Waals surface area contributed by atoms with Gasteiger partial charge in [0.15, 0.2) is 0 Å². The van der Waals surface area contributed by atoms with E-state index in [2.05, 4.69) is 12.4 Å². The van der Waals surface area contributed by atoms with Gasteiger partial charge < -0.3 is 5.32 Å². The Morgan fingerprint density at radius 3 is 2.00 bits per heavy atom. The topological polar surface area (TPSA) is 12.0 Å². The third kappa shape index (κ3) is 1.96. The van der Waals surface area contributed by atoms with E-state index in [0.717, 1.165) is 0 Å². The van der Waals surface area contributed by atoms with E-state index < -0.39 is 0 Å². The van der Waals surface area contributed by atoms with Crippen LogP contribution in [0.2, 0.25) is 0 Å². The van der Waals surface area contributed by atoms with Gasteiger partial charge in [-0.25, -0.2) is 0 Å². The van der Waals surface area contributed by atoms with Crippen LogP contribution in [0.25, 0.3) is 0 Å². The molecule has 0 saturated heterocycles. The molecule has 4 heavy (non-hydrogen) atoms. The lowest BCUT2D eigenvalue weighted by atomic mass is 10.8. The molecule has 0 aromatic rings. The SMILES string of the molecule is [CH]CN[CH]. The zero-order chi connectivity index (χ0) is 3.41. The Morgan fingerprint density at radius 2 is 2.00 bits per heavy atom. The fourth-order valence-electron chi connectivity index (χ4n) is 0. The highest BCUT2D eigenvalue weighted by atomic mass is 14.8. The molecule has 0 aliphatic heterocycles. The molecule has 1 N–H and O–H groups in total. The highest BCUT2D eigenvalue weighted by Gasteiger charge is 1.52. The summed E-state index contributed by atoms with van der Waals surface area (Å²) in [6, 6.07) is 0. The standard InChI is InChI=1S/C3H5N/c1-3-4-2/h1-2,4H,3H2. The monoisotopic (exact) mass is 55.0 g/mol. The fraction of sp³-hybridized carbons (Fsp3) is 0.333. The van der Waals surface area contributed by atoms with Crippen molar-refractivity contribution in [3.05, 3.63) is 14.0 Å². The average molecular weight is 55.1 g/mol. The van der Waals surface area contributed by atoms with Crippen LogP contribution in [0.3, 0.4) is 0 Å². The molecule has 0 bridgehead atoms. The van der Waals surface area contributed by atoms with Crippen LogP contribution >= 0.6 is 0 Å². The van der Waals surface area contributed by atoms with Gasteiger partial charge in [-0.3, -0.25) is 0 Å². The van der Waals surface area contributed by atoms with Crippen LogP contribution in [0, 0.1) is 14.0 Å². The van der Waals surface area contributed by atoms with Crippen LogP contribution in [0.5, 0.6) is 0 Å². The van der Waals surface area contributed by atoms with E-state index in [1.165, 1.54) is 0 Å². The molecule has 0 amide bonds. The first-order valence-corrected chi connectivity index (χ1v) is 1.05. The molecular formula is C3H5N. The lowest BCUT2D eigenvalue weighted by Crippen LogP contribution is -1.97. The van der Waals surface area contributed by atoms with E-state index in [1.807, 2.05) is 0 Å². The van der Waals surface area contributed by atoms with Gasteiger partial charge in [0, 0.05) is 7.05 Å². The summed E-state index contributed by atoms with van der Waals surface area (Å²) < 4.78 is 0. The van der Waals surface area contributed by atoms with Crippen molar-refractivity contribution in [1.29, 1.82) is 0 Å². The van der Waals surface area contributed by atoms with E-state index >= 15 is 0 Å². The van der Waals surface area contributed by atoms with Crippen molar-refractivity contribution in [2.75, 3.05) is 6.54 Å². The Hall–Kier alpha value is -0.0400. The zero-order valence-corrected chi connectivity index (χ0v) is 2.36. The first-order chi connectivity index (χ1) is 1.91. The lowest BCUT2D eigenvalue weighted by Gasteiger charge is -1.74. The smallest absolute Gasteiger partial charge is 0.0407 e. The average Bonchev–Trinajstić information content (AvgIpc) is 1.37. The maximum atomic E-state index is 4.79. The molecule has 0 spiro atoms. The van der Waals surface area contributed by atoms with E-state index in [9.17, 15) is 0 Å². The van der Waals surface area contributed by atoms with Crippen molar-refractivity contribution in [1.82, 2.24) is 5.32 Å². The Bertz CT molecular complexity index is 5.25. The van der Waals surface area contributed by atoms with Gasteiger partial charge in [-0.2, -0.15) is 0 Å². The summed E-state index contributed by atoms with van der Waals surface area (Å²) in [5.41, 5.74) is 0. The molecule has 0 saturated carbocycles. The fourth-order valence-corrected chi connectivity index (χ4v) is 0. The molecule has 0 aliphatic rings. The van der Waals surface area contributed by atoms with Gasteiger partial charge in [0.2, 0.25) is 0 Å². The third-order valence-electron chi connectivity index (χ3n) is 0.118. The Kier molecular flexibility index (Phi) is 2.93. The van der Waals surface area contributed by atoms with Gasteiger partial charge >= 0.3 is 0 Å². The first kappa shape index (κ1) is 3.96. The molecule has 0 aliphatic carbocycles. The van der Waals surface area contributed by atoms with Crippen LogP contribution in [0.15, 0.2) is 0 Å². The molecule has 0 heterocycles. The molecule has 0 fully saturated rings. The minimum absolute atomic E-state index is 0.347. The summed E-state index contributed by atoms with van der Waals surface area (Å²) >= 11 is 0. The quantitative estimate of drug-likeness (QED) is 0.415. The van der Waals surface area contributed by atoms with Crippen LogP contribution in [-0.4, -0.2) is 6.54 Å². The van der Waals surface area contributed by atoms with Crippen molar-refractivity contribution in [2.45, 2.75) is 0 Å². The van der Waals surface area contributed by atoms with Gasteiger partial charge in [0.25, 0.3) is 0 Å². The van der Waals surface area contributed by atoms with Gasteiger partial charge in [-0.15, -0.1) is 0 Å². The summed E-state index contributed by atoms with van der Waals surface area (Å²) in [7, 11) is 4.65. The van der Waals surface area contributed by atoms with Gasteiger partial charge in [0.1, 0.15) is 0 Å². The summed E-state index contributed by atoms with van der Waals surface area (Å²) in [6.07, 6.45) is 0. The summed E-state index contributed by atoms with van der Waals surface area (Å²) in [6.45, 7) is 5.14. The van der Waals surface area contributed by atoms with Gasteiger partial charge in [-0.1, -0.05) is 0 Å². The van der Waals surface area contributed by atoms with Gasteiger partial charge in [-0.05, 0) is 13.5 Å². The second-order valence-electron chi connectivity index (χ2n) is 0.408. The molecule has 0 unspecified atom stereocenters. The Morgan fingerprint density at radius 1 is 1.75 bits per heavy atom. The third-order valence-corrected chi connectivity index (χ3v) is 0.118. The summed E-state index contributed by atoms with van der Waals surface area (Å²) in [5.74, 6) is 0. The first-order valence-electron chi connectivity index (χ1n) is 1.05. The maximum absolute atomic E-state index is 4.79. The second-order valence-corrected chi connectivity index (χ2v) is 0.408. The highest BCUT2D eigenvalue weighted by Crippen LogP contribution is 1.36. The van der Waals surface area contributed by atoms with E-state index in [0.29, 0.717) is 6.54 Å². The largest absolute Gasteiger partial charge is 0.311 e. The molecular weight excluding hydrogens is 50.0 g/mol. The molecule has 4 radical (unpaired) electrons. The molecule has 22 valence electrons. The minimum atomic E-state index is 0.347. The molecule has 1 nitrogen and oxygen atoms in total. The van der Waals surface area contributed by atoms with E-state index in [-0.39, 0.29) is 0 Å². The van der Waals surface area contributed by atoms with E-state index in [1.54, 1.807) is 0 Å². The van der Waals surface area contributed by atoms with Crippen LogP contribution in [-0.2, 0) is 0 Å². The number of rotatable bonds is 1. The molecule has 1 heteroatoms. The normalized spacial score (nSPS) is 7.50. The maximum Gasteiger partial charge on any atom is 0.0407 e. The van der Waals surface area contributed by atoms with Crippen molar-refractivity contribution in [2.24, 2.45) is 0 Å². The van der Waals surface area contributed by atoms with Crippen LogP contribution < -0.4 is 5.32 Å². The predicted octanol–water partition coefficient (Wildman–Crippen LogP) is -0.0443. The number of hydrogen-bond donors (Lipinski definition) is 1. The highest BCUT2D eigenvalue weighted by molar-refractivity contribution is 4.38. The summed E-state index contributed by atoms with van der Waals surface area (Å²) in [4.78, 5) is 0. The van der Waals surface area contributed by atoms with Crippen molar-refractivity contribution >= 4 is 0 Å². The number of hydrogen-bond acceptors (Lipinski definition) is 1. The summed E-state index contributed by atoms with van der Waals surface area (Å²) in [5, 5.41) is 2.21. The molecule has 0 atom stereocenters. The Balaban J connectivity index is 1.97. The van der Waals surface area contributed by atoms with Crippen LogP contribution in [0.4, 0.5) is 0 Å².